The average Bonchev–Trinajstić information content (AvgIpc) is 2.92. The van der Waals surface area contributed by atoms with Crippen LogP contribution in [0.25, 0.3) is 0 Å². The van der Waals surface area contributed by atoms with Crippen LogP contribution < -0.4 is 4.74 Å². The Morgan fingerprint density at radius 3 is 2.90 bits per heavy atom. The van der Waals surface area contributed by atoms with Crippen LogP contribution in [0.5, 0.6) is 5.75 Å². The summed E-state index contributed by atoms with van der Waals surface area (Å²) in [6, 6.07) is 7.87. The molecule has 0 aliphatic rings. The number of ether oxygens (including phenoxy) is 1. The van der Waals surface area contributed by atoms with Crippen LogP contribution in [0.2, 0.25) is 0 Å². The zero-order chi connectivity index (χ0) is 14.4. The van der Waals surface area contributed by atoms with E-state index in [0.29, 0.717) is 12.5 Å². The van der Waals surface area contributed by atoms with Crippen molar-refractivity contribution in [2.45, 2.75) is 26.5 Å². The van der Waals surface area contributed by atoms with Gasteiger partial charge in [0.15, 0.2) is 5.82 Å². The summed E-state index contributed by atoms with van der Waals surface area (Å²) in [5.74, 6) is 7.63. The van der Waals surface area contributed by atoms with Crippen molar-refractivity contribution in [1.29, 1.82) is 0 Å². The lowest BCUT2D eigenvalue weighted by atomic mass is 10.2. The van der Waals surface area contributed by atoms with E-state index in [1.807, 2.05) is 28.9 Å². The first-order chi connectivity index (χ1) is 9.72. The van der Waals surface area contributed by atoms with E-state index in [9.17, 15) is 0 Å². The molecule has 0 saturated carbocycles. The molecule has 0 spiro atoms. The van der Waals surface area contributed by atoms with E-state index in [0.717, 1.165) is 17.1 Å². The van der Waals surface area contributed by atoms with Gasteiger partial charge in [-0.05, 0) is 26.0 Å². The minimum atomic E-state index is 0.252. The minimum Gasteiger partial charge on any atom is -0.484 e. The van der Waals surface area contributed by atoms with Crippen molar-refractivity contribution in [3.05, 3.63) is 42.0 Å². The lowest BCUT2D eigenvalue weighted by Gasteiger charge is -2.11. The Balaban J connectivity index is 2.13. The van der Waals surface area contributed by atoms with E-state index >= 15 is 0 Å². The molecule has 0 unspecified atom stereocenters. The Bertz CT molecular complexity index is 625. The maximum absolute atomic E-state index is 5.80. The zero-order valence-corrected chi connectivity index (χ0v) is 12.3. The van der Waals surface area contributed by atoms with Gasteiger partial charge in [0.1, 0.15) is 18.7 Å². The van der Waals surface area contributed by atoms with Gasteiger partial charge in [-0.1, -0.05) is 24.0 Å². The molecule has 0 fully saturated rings. The van der Waals surface area contributed by atoms with Crippen LogP contribution in [0.3, 0.4) is 0 Å². The number of hydrogen-bond acceptors (Lipinski definition) is 3. The Kier molecular flexibility index (Phi) is 5.03. The number of para-hydroxylation sites is 1. The highest BCUT2D eigenvalue weighted by Crippen LogP contribution is 2.18. The van der Waals surface area contributed by atoms with Gasteiger partial charge >= 0.3 is 0 Å². The van der Waals surface area contributed by atoms with E-state index in [1.165, 1.54) is 6.33 Å². The van der Waals surface area contributed by atoms with Gasteiger partial charge in [0.2, 0.25) is 0 Å². The number of hydrogen-bond donors (Lipinski definition) is 0. The van der Waals surface area contributed by atoms with Gasteiger partial charge in [-0.15, -0.1) is 11.6 Å². The van der Waals surface area contributed by atoms with Crippen molar-refractivity contribution >= 4 is 11.6 Å². The van der Waals surface area contributed by atoms with Crippen LogP contribution in [0.4, 0.5) is 0 Å². The number of nitrogens with zero attached hydrogens (tertiary/aromatic N) is 3. The third kappa shape index (κ3) is 3.52. The first-order valence-electron chi connectivity index (χ1n) is 6.37. The normalized spacial score (nSPS) is 10.2. The molecule has 4 nitrogen and oxygen atoms in total. The monoisotopic (exact) mass is 289 g/mol. The van der Waals surface area contributed by atoms with E-state index in [4.69, 9.17) is 16.3 Å². The first kappa shape index (κ1) is 14.4. The summed E-state index contributed by atoms with van der Waals surface area (Å²) >= 11 is 5.58. The summed E-state index contributed by atoms with van der Waals surface area (Å²) < 4.78 is 7.64. The third-order valence-electron chi connectivity index (χ3n) is 2.67. The third-order valence-corrected chi connectivity index (χ3v) is 2.80. The van der Waals surface area contributed by atoms with Crippen molar-refractivity contribution in [2.75, 3.05) is 5.88 Å². The van der Waals surface area contributed by atoms with Crippen molar-refractivity contribution in [1.82, 2.24) is 14.8 Å². The van der Waals surface area contributed by atoms with Crippen molar-refractivity contribution < 1.29 is 4.74 Å². The topological polar surface area (TPSA) is 39.9 Å². The first-order valence-corrected chi connectivity index (χ1v) is 6.91. The number of alkyl halides is 1. The van der Waals surface area contributed by atoms with Gasteiger partial charge in [-0.3, -0.25) is 0 Å². The maximum Gasteiger partial charge on any atom is 0.165 e. The Morgan fingerprint density at radius 1 is 1.35 bits per heavy atom. The Labute approximate surface area is 123 Å². The zero-order valence-electron chi connectivity index (χ0n) is 11.5. The van der Waals surface area contributed by atoms with Gasteiger partial charge in [0.25, 0.3) is 0 Å². The molecule has 0 bridgehead atoms. The number of rotatable bonds is 4. The van der Waals surface area contributed by atoms with Crippen LogP contribution in [-0.2, 0) is 6.61 Å². The SMILES string of the molecule is CC(C)n1ncnc1COc1ccccc1C#CCCl. The van der Waals surface area contributed by atoms with Gasteiger partial charge < -0.3 is 4.74 Å². The highest BCUT2D eigenvalue weighted by molar-refractivity contribution is 6.19. The highest BCUT2D eigenvalue weighted by atomic mass is 35.5. The largest absolute Gasteiger partial charge is 0.484 e. The lowest BCUT2D eigenvalue weighted by Crippen LogP contribution is -2.11. The van der Waals surface area contributed by atoms with Gasteiger partial charge in [-0.2, -0.15) is 5.10 Å². The molecule has 0 aliphatic heterocycles. The standard InChI is InChI=1S/C15H16ClN3O/c1-12(2)19-15(17-11-18-19)10-20-14-8-4-3-6-13(14)7-5-9-16/h3-4,6,8,11-12H,9-10H2,1-2H3. The molecule has 104 valence electrons. The Hall–Kier alpha value is -1.99. The second kappa shape index (κ2) is 6.97. The second-order valence-electron chi connectivity index (χ2n) is 4.43. The fraction of sp³-hybridized carbons (Fsp3) is 0.333. The van der Waals surface area contributed by atoms with E-state index in [1.54, 1.807) is 0 Å². The summed E-state index contributed by atoms with van der Waals surface area (Å²) in [6.07, 6.45) is 1.54. The summed E-state index contributed by atoms with van der Waals surface area (Å²) in [6.45, 7) is 4.47. The summed E-state index contributed by atoms with van der Waals surface area (Å²) in [5, 5.41) is 4.18. The smallest absolute Gasteiger partial charge is 0.165 e. The molecule has 0 N–H and O–H groups in total. The molecule has 0 radical (unpaired) electrons. The molecule has 5 heteroatoms. The molecule has 0 amide bonds. The van der Waals surface area contributed by atoms with Crippen LogP contribution >= 0.6 is 11.6 Å². The number of aromatic nitrogens is 3. The van der Waals surface area contributed by atoms with E-state index in [-0.39, 0.29) is 6.04 Å². The molecule has 1 heterocycles. The van der Waals surface area contributed by atoms with E-state index < -0.39 is 0 Å². The van der Waals surface area contributed by atoms with Gasteiger partial charge in [0.05, 0.1) is 11.4 Å². The van der Waals surface area contributed by atoms with Crippen LogP contribution in [-0.4, -0.2) is 20.6 Å². The van der Waals surface area contributed by atoms with Crippen LogP contribution in [0.15, 0.2) is 30.6 Å². The molecule has 1 aromatic carbocycles. The van der Waals surface area contributed by atoms with Crippen LogP contribution in [0.1, 0.15) is 31.3 Å². The summed E-state index contributed by atoms with van der Waals surface area (Å²) in [4.78, 5) is 4.21. The number of halogens is 1. The Morgan fingerprint density at radius 2 is 2.15 bits per heavy atom. The minimum absolute atomic E-state index is 0.252. The molecule has 2 rings (SSSR count). The predicted octanol–water partition coefficient (Wildman–Crippen LogP) is 3.03. The molecule has 0 aliphatic carbocycles. The molecule has 1 aromatic heterocycles. The summed E-state index contributed by atoms with van der Waals surface area (Å²) in [7, 11) is 0. The quantitative estimate of drug-likeness (QED) is 0.641. The maximum atomic E-state index is 5.80. The van der Waals surface area contributed by atoms with Gasteiger partial charge in [0, 0.05) is 6.04 Å². The fourth-order valence-corrected chi connectivity index (χ4v) is 1.84. The molecule has 0 atom stereocenters. The highest BCUT2D eigenvalue weighted by Gasteiger charge is 2.09. The van der Waals surface area contributed by atoms with E-state index in [2.05, 4.69) is 35.8 Å². The molecule has 2 aromatic rings. The fourth-order valence-electron chi connectivity index (χ4n) is 1.78. The molecular weight excluding hydrogens is 274 g/mol. The van der Waals surface area contributed by atoms with Crippen LogP contribution in [0, 0.1) is 11.8 Å². The van der Waals surface area contributed by atoms with Gasteiger partial charge in [-0.25, -0.2) is 9.67 Å². The second-order valence-corrected chi connectivity index (χ2v) is 4.70. The average molecular weight is 290 g/mol. The molecule has 0 saturated heterocycles. The van der Waals surface area contributed by atoms with Crippen molar-refractivity contribution in [2.24, 2.45) is 0 Å². The number of benzene rings is 1. The molecular formula is C15H16ClN3O. The van der Waals surface area contributed by atoms with Crippen molar-refractivity contribution in [3.8, 4) is 17.6 Å². The summed E-state index contributed by atoms with van der Waals surface area (Å²) in [5.41, 5.74) is 0.823. The lowest BCUT2D eigenvalue weighted by molar-refractivity contribution is 0.282. The van der Waals surface area contributed by atoms with Crippen molar-refractivity contribution in [3.63, 3.8) is 0 Å². The molecule has 20 heavy (non-hydrogen) atoms. The predicted molar refractivity (Wildman–Crippen MR) is 78.8 cm³/mol.